The number of nitrogens with two attached hydrogens (primary N) is 1. The van der Waals surface area contributed by atoms with Gasteiger partial charge in [-0.1, -0.05) is 0 Å². The predicted octanol–water partition coefficient (Wildman–Crippen LogP) is 0.0760. The smallest absolute Gasteiger partial charge is 0.278 e. The molecule has 11 heavy (non-hydrogen) atoms. The van der Waals surface area contributed by atoms with E-state index in [1.807, 2.05) is 0 Å². The van der Waals surface area contributed by atoms with Gasteiger partial charge in [0, 0.05) is 0 Å². The standard InChI is InChI=1S/C6H9N3O2/c1-10-5-4(7)3-8-9-6(5)11-2/h3H,1-2H3,(H2,7,9). The molecule has 2 N–H and O–H groups in total. The molecule has 0 aliphatic heterocycles. The molecule has 0 bridgehead atoms. The van der Waals surface area contributed by atoms with Gasteiger partial charge in [-0.15, -0.1) is 5.10 Å². The van der Waals surface area contributed by atoms with Crippen LogP contribution in [0, 0.1) is 0 Å². The highest BCUT2D eigenvalue weighted by Crippen LogP contribution is 2.28. The lowest BCUT2D eigenvalue weighted by atomic mass is 10.4. The molecule has 60 valence electrons. The number of hydrogen-bond acceptors (Lipinski definition) is 5. The highest BCUT2D eigenvalue weighted by molar-refractivity contribution is 5.55. The molecule has 0 aliphatic carbocycles. The third kappa shape index (κ3) is 1.31. The Kier molecular flexibility index (Phi) is 2.10. The van der Waals surface area contributed by atoms with Crippen LogP contribution in [0.1, 0.15) is 0 Å². The maximum absolute atomic E-state index is 5.50. The molecular weight excluding hydrogens is 146 g/mol. The zero-order valence-corrected chi connectivity index (χ0v) is 6.37. The van der Waals surface area contributed by atoms with Gasteiger partial charge in [-0.2, -0.15) is 5.10 Å². The van der Waals surface area contributed by atoms with E-state index in [2.05, 4.69) is 10.2 Å². The second-order valence-corrected chi connectivity index (χ2v) is 1.84. The highest BCUT2D eigenvalue weighted by Gasteiger charge is 2.07. The number of aromatic nitrogens is 2. The van der Waals surface area contributed by atoms with E-state index in [4.69, 9.17) is 15.2 Å². The van der Waals surface area contributed by atoms with Crippen LogP contribution in [0.2, 0.25) is 0 Å². The van der Waals surface area contributed by atoms with Crippen molar-refractivity contribution in [2.75, 3.05) is 20.0 Å². The lowest BCUT2D eigenvalue weighted by Gasteiger charge is -2.05. The van der Waals surface area contributed by atoms with Gasteiger partial charge in [-0.3, -0.25) is 0 Å². The second-order valence-electron chi connectivity index (χ2n) is 1.84. The Hall–Kier alpha value is -1.52. The van der Waals surface area contributed by atoms with Crippen molar-refractivity contribution in [2.24, 2.45) is 0 Å². The predicted molar refractivity (Wildman–Crippen MR) is 39.5 cm³/mol. The topological polar surface area (TPSA) is 70.3 Å². The lowest BCUT2D eigenvalue weighted by Crippen LogP contribution is -1.99. The van der Waals surface area contributed by atoms with Crippen molar-refractivity contribution in [3.05, 3.63) is 6.20 Å². The minimum atomic E-state index is 0.299. The molecule has 1 aromatic rings. The molecule has 0 aliphatic rings. The number of ether oxygens (including phenoxy) is 2. The summed E-state index contributed by atoms with van der Waals surface area (Å²) in [6.07, 6.45) is 1.40. The van der Waals surface area contributed by atoms with Crippen molar-refractivity contribution < 1.29 is 9.47 Å². The van der Waals surface area contributed by atoms with Crippen LogP contribution in [0.25, 0.3) is 0 Å². The van der Waals surface area contributed by atoms with E-state index in [-0.39, 0.29) is 0 Å². The number of nitrogens with zero attached hydrogens (tertiary/aromatic N) is 2. The molecule has 0 unspecified atom stereocenters. The first-order chi connectivity index (χ1) is 5.29. The molecule has 0 saturated heterocycles. The Morgan fingerprint density at radius 3 is 2.55 bits per heavy atom. The molecule has 0 spiro atoms. The second kappa shape index (κ2) is 3.05. The number of hydrogen-bond donors (Lipinski definition) is 1. The maximum Gasteiger partial charge on any atom is 0.278 e. The first-order valence-electron chi connectivity index (χ1n) is 2.98. The molecule has 0 saturated carbocycles. The number of methoxy groups -OCH3 is 2. The third-order valence-electron chi connectivity index (χ3n) is 1.20. The van der Waals surface area contributed by atoms with E-state index in [1.165, 1.54) is 20.4 Å². The summed E-state index contributed by atoms with van der Waals surface area (Å²) >= 11 is 0. The van der Waals surface area contributed by atoms with Crippen LogP contribution in [0.15, 0.2) is 6.20 Å². The van der Waals surface area contributed by atoms with E-state index in [0.29, 0.717) is 17.3 Å². The van der Waals surface area contributed by atoms with Crippen LogP contribution < -0.4 is 15.2 Å². The Morgan fingerprint density at radius 2 is 2.09 bits per heavy atom. The van der Waals surface area contributed by atoms with Crippen molar-refractivity contribution in [3.63, 3.8) is 0 Å². The summed E-state index contributed by atoms with van der Waals surface area (Å²) in [6.45, 7) is 0. The molecule has 0 atom stereocenters. The summed E-state index contributed by atoms with van der Waals surface area (Å²) in [5.74, 6) is 0.718. The molecule has 1 rings (SSSR count). The van der Waals surface area contributed by atoms with Gasteiger partial charge in [0.1, 0.15) is 5.69 Å². The van der Waals surface area contributed by atoms with Crippen molar-refractivity contribution in [3.8, 4) is 11.6 Å². The van der Waals surface area contributed by atoms with Crippen LogP contribution in [0.5, 0.6) is 11.6 Å². The Morgan fingerprint density at radius 1 is 1.36 bits per heavy atom. The van der Waals surface area contributed by atoms with E-state index in [1.54, 1.807) is 0 Å². The molecule has 0 fully saturated rings. The SMILES string of the molecule is COc1nncc(N)c1OC. The maximum atomic E-state index is 5.50. The van der Waals surface area contributed by atoms with Gasteiger partial charge in [0.15, 0.2) is 0 Å². The van der Waals surface area contributed by atoms with Gasteiger partial charge in [-0.05, 0) is 0 Å². The van der Waals surface area contributed by atoms with E-state index < -0.39 is 0 Å². The first-order valence-corrected chi connectivity index (χ1v) is 2.98. The average molecular weight is 155 g/mol. The van der Waals surface area contributed by atoms with Crippen molar-refractivity contribution in [2.45, 2.75) is 0 Å². The molecule has 0 aromatic carbocycles. The summed E-state index contributed by atoms with van der Waals surface area (Å²) < 4.78 is 9.75. The van der Waals surface area contributed by atoms with Crippen LogP contribution in [-0.4, -0.2) is 24.4 Å². The van der Waals surface area contributed by atoms with E-state index >= 15 is 0 Å². The monoisotopic (exact) mass is 155 g/mol. The van der Waals surface area contributed by atoms with Gasteiger partial charge in [-0.25, -0.2) is 0 Å². The molecular formula is C6H9N3O2. The van der Waals surface area contributed by atoms with Gasteiger partial charge in [0.2, 0.25) is 5.75 Å². The number of nitrogen functional groups attached to an aromatic ring is 1. The fraction of sp³-hybridized carbons (Fsp3) is 0.333. The third-order valence-corrected chi connectivity index (χ3v) is 1.20. The molecule has 0 amide bonds. The van der Waals surface area contributed by atoms with Crippen LogP contribution >= 0.6 is 0 Å². The van der Waals surface area contributed by atoms with E-state index in [0.717, 1.165) is 0 Å². The lowest BCUT2D eigenvalue weighted by molar-refractivity contribution is 0.340. The molecule has 1 heterocycles. The summed E-state index contributed by atoms with van der Waals surface area (Å²) in [4.78, 5) is 0. The Bertz CT molecular complexity index is 252. The number of rotatable bonds is 2. The highest BCUT2D eigenvalue weighted by atomic mass is 16.5. The molecule has 5 heteroatoms. The van der Waals surface area contributed by atoms with Gasteiger partial charge >= 0.3 is 0 Å². The Labute approximate surface area is 64.1 Å². The summed E-state index contributed by atoms with van der Waals surface area (Å²) in [6, 6.07) is 0. The molecule has 0 radical (unpaired) electrons. The molecule has 5 nitrogen and oxygen atoms in total. The zero-order valence-electron chi connectivity index (χ0n) is 6.37. The van der Waals surface area contributed by atoms with Crippen molar-refractivity contribution >= 4 is 5.69 Å². The number of anilines is 1. The average Bonchev–Trinajstić information content (AvgIpc) is 2.04. The van der Waals surface area contributed by atoms with Crippen molar-refractivity contribution in [1.82, 2.24) is 10.2 Å². The molecule has 1 aromatic heterocycles. The van der Waals surface area contributed by atoms with Crippen LogP contribution in [0.3, 0.4) is 0 Å². The fourth-order valence-electron chi connectivity index (χ4n) is 0.710. The van der Waals surface area contributed by atoms with Gasteiger partial charge in [0.05, 0.1) is 20.4 Å². The van der Waals surface area contributed by atoms with Crippen LogP contribution in [0.4, 0.5) is 5.69 Å². The minimum Gasteiger partial charge on any atom is -0.490 e. The van der Waals surface area contributed by atoms with Crippen LogP contribution in [-0.2, 0) is 0 Å². The summed E-state index contributed by atoms with van der Waals surface area (Å²) in [5.41, 5.74) is 5.92. The minimum absolute atomic E-state index is 0.299. The Balaban J connectivity index is 3.13. The fourth-order valence-corrected chi connectivity index (χ4v) is 0.710. The summed E-state index contributed by atoms with van der Waals surface area (Å²) in [5, 5.41) is 7.24. The normalized spacial score (nSPS) is 9.27. The largest absolute Gasteiger partial charge is 0.490 e. The van der Waals surface area contributed by atoms with Crippen molar-refractivity contribution in [1.29, 1.82) is 0 Å². The first kappa shape index (κ1) is 7.59. The quantitative estimate of drug-likeness (QED) is 0.654. The van der Waals surface area contributed by atoms with Gasteiger partial charge < -0.3 is 15.2 Å². The zero-order chi connectivity index (χ0) is 8.27. The van der Waals surface area contributed by atoms with E-state index in [9.17, 15) is 0 Å². The summed E-state index contributed by atoms with van der Waals surface area (Å²) in [7, 11) is 2.97. The van der Waals surface area contributed by atoms with Gasteiger partial charge in [0.25, 0.3) is 5.88 Å².